The van der Waals surface area contributed by atoms with E-state index in [9.17, 15) is 14.4 Å². The van der Waals surface area contributed by atoms with Crippen LogP contribution in [0, 0.1) is 0 Å². The number of rotatable bonds is 53. The minimum Gasteiger partial charge on any atom is -0.462 e. The van der Waals surface area contributed by atoms with Gasteiger partial charge in [-0.1, -0.05) is 251 Å². The average Bonchev–Trinajstić information content (AvgIpc) is 3.39. The Balaban J connectivity index is 4.54. The van der Waals surface area contributed by atoms with Crippen molar-refractivity contribution in [1.82, 2.24) is 0 Å². The van der Waals surface area contributed by atoms with Crippen molar-refractivity contribution in [1.29, 1.82) is 0 Å². The third kappa shape index (κ3) is 58.6. The van der Waals surface area contributed by atoms with E-state index in [1.54, 1.807) is 0 Å². The first kappa shape index (κ1) is 68.8. The van der Waals surface area contributed by atoms with E-state index < -0.39 is 6.10 Å². The van der Waals surface area contributed by atoms with Gasteiger partial charge in [-0.15, -0.1) is 0 Å². The van der Waals surface area contributed by atoms with Crippen molar-refractivity contribution in [3.63, 3.8) is 0 Å². The molecule has 0 fully saturated rings. The van der Waals surface area contributed by atoms with Crippen LogP contribution in [-0.4, -0.2) is 37.2 Å². The minimum atomic E-state index is -0.814. The summed E-state index contributed by atoms with van der Waals surface area (Å²) in [6.07, 6.45) is 83.3. The van der Waals surface area contributed by atoms with E-state index >= 15 is 0 Å². The largest absolute Gasteiger partial charge is 0.462 e. The van der Waals surface area contributed by atoms with Crippen LogP contribution in [0.5, 0.6) is 0 Å². The van der Waals surface area contributed by atoms with Crippen molar-refractivity contribution < 1.29 is 28.6 Å². The van der Waals surface area contributed by atoms with Crippen LogP contribution >= 0.6 is 0 Å². The lowest BCUT2D eigenvalue weighted by molar-refractivity contribution is -0.167. The summed E-state index contributed by atoms with van der Waals surface area (Å²) in [5.74, 6) is -0.974. The van der Waals surface area contributed by atoms with Crippen molar-refractivity contribution in [2.24, 2.45) is 0 Å². The smallest absolute Gasteiger partial charge is 0.306 e. The van der Waals surface area contributed by atoms with Gasteiger partial charge in [-0.05, 0) is 116 Å². The summed E-state index contributed by atoms with van der Waals surface area (Å²) in [6.45, 7) is 6.45. The van der Waals surface area contributed by atoms with Crippen molar-refractivity contribution >= 4 is 17.9 Å². The minimum absolute atomic E-state index is 0.108. The number of allylic oxidation sites excluding steroid dienone is 20. The van der Waals surface area contributed by atoms with Crippen LogP contribution in [0.15, 0.2) is 122 Å². The second kappa shape index (κ2) is 60.4. The molecule has 1 unspecified atom stereocenters. The Kier molecular flexibility index (Phi) is 56.9. The van der Waals surface area contributed by atoms with Crippen molar-refractivity contribution in [3.05, 3.63) is 122 Å². The number of ether oxygens (including phenoxy) is 3. The number of esters is 3. The fourth-order valence-corrected chi connectivity index (χ4v) is 7.99. The molecule has 73 heavy (non-hydrogen) atoms. The van der Waals surface area contributed by atoms with E-state index in [2.05, 4.69) is 142 Å². The summed E-state index contributed by atoms with van der Waals surface area (Å²) in [7, 11) is 0. The molecule has 0 radical (unpaired) electrons. The molecule has 0 rings (SSSR count). The van der Waals surface area contributed by atoms with Gasteiger partial charge >= 0.3 is 17.9 Å². The standard InChI is InChI=1S/C67H110O6/c1-4-7-10-13-16-19-22-25-28-31-34-37-39-42-45-48-51-54-57-60-66(69)72-63-64(73-67(70)61-58-55-52-49-46-43-40-36-33-30-27-24-21-18-15-12-9-6-3)62-71-65(68)59-56-53-50-47-44-41-38-35-32-29-26-23-20-17-14-11-8-5-2/h7,10,16,19,24-25,27-30,32-38,40,42,45,64H,4-6,8-9,11-15,17-18,20-23,26,31,39,41,43-44,46-63H2,1-3H3/b10-7-,19-16-,27-24-,28-25-,32-29-,33-30-,37-34-,38-35-,40-36-,45-42-. The average molecular weight is 1010 g/mol. The number of carbonyl (C=O) groups excluding carboxylic acids is 3. The summed E-state index contributed by atoms with van der Waals surface area (Å²) in [6, 6.07) is 0. The Bertz CT molecular complexity index is 1540. The molecule has 0 aliphatic carbocycles. The SMILES string of the molecule is CC/C=C\C/C=C\C/C=C\C/C=C\C/C=C\CCCCCC(=O)OCC(COC(=O)CCCCCCC/C=C\C=C/CCCCCCCCC)OC(=O)CCCCCCC\C=C/C=C\C=C/CCCCCCC. The van der Waals surface area contributed by atoms with E-state index in [4.69, 9.17) is 14.2 Å². The third-order valence-electron chi connectivity index (χ3n) is 12.5. The molecule has 0 amide bonds. The Hall–Kier alpha value is -4.19. The maximum Gasteiger partial charge on any atom is 0.306 e. The number of hydrogen-bond donors (Lipinski definition) is 0. The van der Waals surface area contributed by atoms with Gasteiger partial charge in [-0.3, -0.25) is 14.4 Å². The number of carbonyl (C=O) groups is 3. The molecule has 0 aromatic rings. The molecule has 414 valence electrons. The van der Waals surface area contributed by atoms with E-state index in [0.717, 1.165) is 141 Å². The molecule has 0 bridgehead atoms. The van der Waals surface area contributed by atoms with Gasteiger partial charge in [-0.2, -0.15) is 0 Å². The summed E-state index contributed by atoms with van der Waals surface area (Å²) < 4.78 is 16.8. The summed E-state index contributed by atoms with van der Waals surface area (Å²) in [5.41, 5.74) is 0. The lowest BCUT2D eigenvalue weighted by Gasteiger charge is -2.18. The van der Waals surface area contributed by atoms with E-state index in [0.29, 0.717) is 19.3 Å². The van der Waals surface area contributed by atoms with E-state index in [1.165, 1.54) is 83.5 Å². The normalized spacial score (nSPS) is 13.0. The van der Waals surface area contributed by atoms with Gasteiger partial charge in [0.2, 0.25) is 0 Å². The Labute approximate surface area is 450 Å². The Morgan fingerprint density at radius 2 is 0.589 bits per heavy atom. The van der Waals surface area contributed by atoms with Gasteiger partial charge in [0.15, 0.2) is 6.10 Å². The number of unbranched alkanes of at least 4 members (excludes halogenated alkanes) is 25. The third-order valence-corrected chi connectivity index (χ3v) is 12.5. The lowest BCUT2D eigenvalue weighted by Crippen LogP contribution is -2.30. The van der Waals surface area contributed by atoms with Crippen LogP contribution < -0.4 is 0 Å². The summed E-state index contributed by atoms with van der Waals surface area (Å²) in [5, 5.41) is 0. The van der Waals surface area contributed by atoms with Crippen LogP contribution in [0.3, 0.4) is 0 Å². The molecule has 6 nitrogen and oxygen atoms in total. The van der Waals surface area contributed by atoms with E-state index in [-0.39, 0.29) is 31.1 Å². The summed E-state index contributed by atoms with van der Waals surface area (Å²) >= 11 is 0. The molecule has 6 heteroatoms. The quantitative estimate of drug-likeness (QED) is 0.0199. The van der Waals surface area contributed by atoms with Gasteiger partial charge in [0.1, 0.15) is 13.2 Å². The van der Waals surface area contributed by atoms with E-state index in [1.807, 2.05) is 0 Å². The molecule has 0 heterocycles. The second-order valence-electron chi connectivity index (χ2n) is 19.6. The van der Waals surface area contributed by atoms with Crippen molar-refractivity contribution in [2.45, 2.75) is 271 Å². The van der Waals surface area contributed by atoms with Crippen LogP contribution in [0.2, 0.25) is 0 Å². The molecule has 0 aromatic heterocycles. The van der Waals surface area contributed by atoms with Gasteiger partial charge in [-0.25, -0.2) is 0 Å². The maximum absolute atomic E-state index is 12.9. The zero-order chi connectivity index (χ0) is 52.9. The highest BCUT2D eigenvalue weighted by atomic mass is 16.6. The first-order valence-electron chi connectivity index (χ1n) is 30.1. The predicted octanol–water partition coefficient (Wildman–Crippen LogP) is 20.4. The number of hydrogen-bond acceptors (Lipinski definition) is 6. The summed E-state index contributed by atoms with van der Waals surface area (Å²) in [4.78, 5) is 38.2. The van der Waals surface area contributed by atoms with Gasteiger partial charge in [0.25, 0.3) is 0 Å². The topological polar surface area (TPSA) is 78.9 Å². The highest BCUT2D eigenvalue weighted by molar-refractivity contribution is 5.71. The molecule has 0 saturated heterocycles. The molecular weight excluding hydrogens is 901 g/mol. The zero-order valence-electron chi connectivity index (χ0n) is 47.4. The van der Waals surface area contributed by atoms with Crippen LogP contribution in [0.4, 0.5) is 0 Å². The molecule has 0 aromatic carbocycles. The second-order valence-corrected chi connectivity index (χ2v) is 19.6. The highest BCUT2D eigenvalue weighted by Gasteiger charge is 2.19. The predicted molar refractivity (Wildman–Crippen MR) is 316 cm³/mol. The fourth-order valence-electron chi connectivity index (χ4n) is 7.99. The van der Waals surface area contributed by atoms with Crippen LogP contribution in [0.25, 0.3) is 0 Å². The van der Waals surface area contributed by atoms with Crippen LogP contribution in [0.1, 0.15) is 265 Å². The molecule has 0 aliphatic rings. The van der Waals surface area contributed by atoms with Crippen molar-refractivity contribution in [3.8, 4) is 0 Å². The molecule has 0 spiro atoms. The Morgan fingerprint density at radius 3 is 0.973 bits per heavy atom. The van der Waals surface area contributed by atoms with Crippen LogP contribution in [-0.2, 0) is 28.6 Å². The highest BCUT2D eigenvalue weighted by Crippen LogP contribution is 2.14. The first-order valence-corrected chi connectivity index (χ1v) is 30.1. The molecular formula is C67H110O6. The zero-order valence-corrected chi connectivity index (χ0v) is 47.4. The molecule has 1 atom stereocenters. The molecule has 0 aliphatic heterocycles. The van der Waals surface area contributed by atoms with Gasteiger partial charge in [0.05, 0.1) is 0 Å². The van der Waals surface area contributed by atoms with Gasteiger partial charge < -0.3 is 14.2 Å². The maximum atomic E-state index is 12.9. The monoisotopic (exact) mass is 1010 g/mol. The fraction of sp³-hybridized carbons (Fsp3) is 0.657. The Morgan fingerprint density at radius 1 is 0.301 bits per heavy atom. The lowest BCUT2D eigenvalue weighted by atomic mass is 10.1. The molecule has 0 N–H and O–H groups in total. The van der Waals surface area contributed by atoms with Gasteiger partial charge in [0, 0.05) is 19.3 Å². The van der Waals surface area contributed by atoms with Crippen molar-refractivity contribution in [2.75, 3.05) is 13.2 Å². The molecule has 0 saturated carbocycles. The first-order chi connectivity index (χ1) is 36.0.